The number of carbonyl (C=O) groups is 1. The highest BCUT2D eigenvalue weighted by Crippen LogP contribution is 2.23. The molecule has 4 aromatic rings. The number of amides is 1. The molecule has 0 radical (unpaired) electrons. The molecule has 2 aromatic heterocycles. The summed E-state index contributed by atoms with van der Waals surface area (Å²) >= 11 is 0. The third-order valence-corrected chi connectivity index (χ3v) is 4.56. The zero-order valence-electron chi connectivity index (χ0n) is 16.6. The first-order valence-electron chi connectivity index (χ1n) is 9.41. The van der Waals surface area contributed by atoms with E-state index in [4.69, 9.17) is 4.74 Å². The number of pyridine rings is 1. The Morgan fingerprint density at radius 3 is 2.48 bits per heavy atom. The van der Waals surface area contributed by atoms with Crippen LogP contribution in [0.1, 0.15) is 16.8 Å². The molecule has 0 unspecified atom stereocenters. The normalized spacial score (nSPS) is 10.9. The quantitative estimate of drug-likeness (QED) is 0.553. The maximum atomic E-state index is 12.3. The average molecular weight is 386 g/mol. The standard InChI is InChI=1S/C23H22N4O2/c1-15-9-16(2)11-20(10-15)29-14-22(28)25-18-12-21-17(3)26-27(23(21)24-13-18)19-7-5-4-6-8-19/h4-13H,14H2,1-3H3,(H,25,28). The third-order valence-electron chi connectivity index (χ3n) is 4.56. The first-order chi connectivity index (χ1) is 14.0. The fourth-order valence-electron chi connectivity index (χ4n) is 3.32. The van der Waals surface area contributed by atoms with Crippen molar-refractivity contribution in [3.05, 3.63) is 77.6 Å². The zero-order chi connectivity index (χ0) is 20.4. The Morgan fingerprint density at radius 2 is 1.76 bits per heavy atom. The number of benzene rings is 2. The summed E-state index contributed by atoms with van der Waals surface area (Å²) in [7, 11) is 0. The van der Waals surface area contributed by atoms with Crippen LogP contribution < -0.4 is 10.1 Å². The largest absolute Gasteiger partial charge is 0.484 e. The fraction of sp³-hybridized carbons (Fsp3) is 0.174. The molecule has 0 spiro atoms. The van der Waals surface area contributed by atoms with Crippen molar-refractivity contribution in [2.45, 2.75) is 20.8 Å². The second kappa shape index (κ2) is 7.75. The van der Waals surface area contributed by atoms with Crippen molar-refractivity contribution in [1.82, 2.24) is 14.8 Å². The van der Waals surface area contributed by atoms with Gasteiger partial charge in [0.2, 0.25) is 0 Å². The smallest absolute Gasteiger partial charge is 0.262 e. The minimum absolute atomic E-state index is 0.0663. The van der Waals surface area contributed by atoms with Crippen molar-refractivity contribution in [2.75, 3.05) is 11.9 Å². The van der Waals surface area contributed by atoms with Crippen LogP contribution in [-0.4, -0.2) is 27.3 Å². The molecule has 0 bridgehead atoms. The van der Waals surface area contributed by atoms with E-state index in [0.29, 0.717) is 11.4 Å². The number of hydrogen-bond donors (Lipinski definition) is 1. The molecule has 0 aliphatic rings. The average Bonchev–Trinajstić information content (AvgIpc) is 3.03. The van der Waals surface area contributed by atoms with Crippen LogP contribution in [0.4, 0.5) is 5.69 Å². The van der Waals surface area contributed by atoms with Gasteiger partial charge in [-0.3, -0.25) is 4.79 Å². The van der Waals surface area contributed by atoms with Crippen molar-refractivity contribution < 1.29 is 9.53 Å². The summed E-state index contributed by atoms with van der Waals surface area (Å²) in [6.07, 6.45) is 1.64. The Balaban J connectivity index is 1.50. The van der Waals surface area contributed by atoms with Crippen LogP contribution in [0.3, 0.4) is 0 Å². The molecule has 0 atom stereocenters. The molecular weight excluding hydrogens is 364 g/mol. The van der Waals surface area contributed by atoms with Gasteiger partial charge in [-0.05, 0) is 62.2 Å². The summed E-state index contributed by atoms with van der Waals surface area (Å²) in [4.78, 5) is 16.8. The van der Waals surface area contributed by atoms with Crippen LogP contribution >= 0.6 is 0 Å². The van der Waals surface area contributed by atoms with E-state index < -0.39 is 0 Å². The number of aromatic nitrogens is 3. The number of nitrogens with one attached hydrogen (secondary N) is 1. The van der Waals surface area contributed by atoms with Crippen LogP contribution in [0, 0.1) is 20.8 Å². The number of carbonyl (C=O) groups excluding carboxylic acids is 1. The lowest BCUT2D eigenvalue weighted by Crippen LogP contribution is -2.20. The van der Waals surface area contributed by atoms with E-state index >= 15 is 0 Å². The van der Waals surface area contributed by atoms with Gasteiger partial charge in [-0.25, -0.2) is 9.67 Å². The van der Waals surface area contributed by atoms with E-state index in [2.05, 4.69) is 21.5 Å². The topological polar surface area (TPSA) is 69.0 Å². The SMILES string of the molecule is Cc1cc(C)cc(OCC(=O)Nc2cnc3c(c2)c(C)nn3-c2ccccc2)c1. The molecule has 0 fully saturated rings. The highest BCUT2D eigenvalue weighted by molar-refractivity contribution is 5.94. The number of anilines is 1. The molecule has 2 heterocycles. The van der Waals surface area contributed by atoms with Crippen LogP contribution in [0.15, 0.2) is 60.8 Å². The Hall–Kier alpha value is -3.67. The van der Waals surface area contributed by atoms with E-state index in [-0.39, 0.29) is 12.5 Å². The number of ether oxygens (including phenoxy) is 1. The van der Waals surface area contributed by atoms with Crippen molar-refractivity contribution >= 4 is 22.6 Å². The van der Waals surface area contributed by atoms with Crippen molar-refractivity contribution in [1.29, 1.82) is 0 Å². The van der Waals surface area contributed by atoms with Gasteiger partial charge < -0.3 is 10.1 Å². The van der Waals surface area contributed by atoms with Crippen molar-refractivity contribution in [3.8, 4) is 11.4 Å². The molecule has 6 heteroatoms. The number of para-hydroxylation sites is 1. The molecule has 29 heavy (non-hydrogen) atoms. The predicted octanol–water partition coefficient (Wildman–Crippen LogP) is 4.36. The lowest BCUT2D eigenvalue weighted by molar-refractivity contribution is -0.118. The van der Waals surface area contributed by atoms with E-state index in [1.807, 2.05) is 69.3 Å². The predicted molar refractivity (Wildman–Crippen MR) is 114 cm³/mol. The minimum Gasteiger partial charge on any atom is -0.484 e. The molecular formula is C23H22N4O2. The van der Waals surface area contributed by atoms with Gasteiger partial charge in [-0.15, -0.1) is 0 Å². The Morgan fingerprint density at radius 1 is 1.03 bits per heavy atom. The van der Waals surface area contributed by atoms with Crippen LogP contribution in [0.2, 0.25) is 0 Å². The third kappa shape index (κ3) is 4.11. The minimum atomic E-state index is -0.238. The Bertz CT molecular complexity index is 1160. The van der Waals surface area contributed by atoms with Gasteiger partial charge in [0.1, 0.15) is 5.75 Å². The molecule has 0 aliphatic heterocycles. The fourth-order valence-corrected chi connectivity index (χ4v) is 3.32. The molecule has 1 amide bonds. The maximum absolute atomic E-state index is 12.3. The number of rotatable bonds is 5. The van der Waals surface area contributed by atoms with Gasteiger partial charge in [0.15, 0.2) is 12.3 Å². The molecule has 4 rings (SSSR count). The van der Waals surface area contributed by atoms with Crippen molar-refractivity contribution in [2.24, 2.45) is 0 Å². The number of nitrogens with zero attached hydrogens (tertiary/aromatic N) is 3. The van der Waals surface area contributed by atoms with Gasteiger partial charge in [-0.2, -0.15) is 5.10 Å². The van der Waals surface area contributed by atoms with E-state index in [1.165, 1.54) is 0 Å². The van der Waals surface area contributed by atoms with Crippen LogP contribution in [0.5, 0.6) is 5.75 Å². The molecule has 1 N–H and O–H groups in total. The van der Waals surface area contributed by atoms with Gasteiger partial charge >= 0.3 is 0 Å². The highest BCUT2D eigenvalue weighted by atomic mass is 16.5. The molecule has 0 saturated carbocycles. The van der Waals surface area contributed by atoms with Crippen LogP contribution in [0.25, 0.3) is 16.7 Å². The summed E-state index contributed by atoms with van der Waals surface area (Å²) in [6.45, 7) is 5.86. The highest BCUT2D eigenvalue weighted by Gasteiger charge is 2.12. The van der Waals surface area contributed by atoms with E-state index in [1.54, 1.807) is 10.9 Å². The first-order valence-corrected chi connectivity index (χ1v) is 9.41. The summed E-state index contributed by atoms with van der Waals surface area (Å²) in [6, 6.07) is 17.6. The lowest BCUT2D eigenvalue weighted by Gasteiger charge is -2.09. The molecule has 146 valence electrons. The monoisotopic (exact) mass is 386 g/mol. The van der Waals surface area contributed by atoms with Gasteiger partial charge in [0.05, 0.1) is 23.3 Å². The second-order valence-corrected chi connectivity index (χ2v) is 7.09. The molecule has 2 aromatic carbocycles. The first kappa shape index (κ1) is 18.7. The summed E-state index contributed by atoms with van der Waals surface area (Å²) < 4.78 is 7.43. The van der Waals surface area contributed by atoms with Crippen LogP contribution in [-0.2, 0) is 4.79 Å². The summed E-state index contributed by atoms with van der Waals surface area (Å²) in [5.74, 6) is 0.449. The molecule has 0 aliphatic carbocycles. The Kier molecular flexibility index (Phi) is 4.99. The number of fused-ring (bicyclic) bond motifs is 1. The molecule has 0 saturated heterocycles. The Labute approximate surface area is 169 Å². The molecule has 6 nitrogen and oxygen atoms in total. The van der Waals surface area contributed by atoms with Gasteiger partial charge in [0, 0.05) is 5.39 Å². The summed E-state index contributed by atoms with van der Waals surface area (Å²) in [5.41, 5.74) is 5.35. The zero-order valence-corrected chi connectivity index (χ0v) is 16.6. The summed E-state index contributed by atoms with van der Waals surface area (Å²) in [5, 5.41) is 8.33. The second-order valence-electron chi connectivity index (χ2n) is 7.09. The number of hydrogen-bond acceptors (Lipinski definition) is 4. The maximum Gasteiger partial charge on any atom is 0.262 e. The van der Waals surface area contributed by atoms with Gasteiger partial charge in [0.25, 0.3) is 5.91 Å². The van der Waals surface area contributed by atoms with Crippen molar-refractivity contribution in [3.63, 3.8) is 0 Å². The lowest BCUT2D eigenvalue weighted by atomic mass is 10.1. The number of aryl methyl sites for hydroxylation is 3. The van der Waals surface area contributed by atoms with E-state index in [9.17, 15) is 4.79 Å². The van der Waals surface area contributed by atoms with Gasteiger partial charge in [-0.1, -0.05) is 24.3 Å². The van der Waals surface area contributed by atoms with E-state index in [0.717, 1.165) is 33.5 Å².